The predicted octanol–water partition coefficient (Wildman–Crippen LogP) is 5.04. The van der Waals surface area contributed by atoms with E-state index in [0.717, 1.165) is 17.0 Å². The van der Waals surface area contributed by atoms with Crippen molar-refractivity contribution in [3.05, 3.63) is 90.6 Å². The van der Waals surface area contributed by atoms with Crippen molar-refractivity contribution >= 4 is 22.5 Å². The van der Waals surface area contributed by atoms with Gasteiger partial charge in [-0.25, -0.2) is 4.98 Å². The van der Waals surface area contributed by atoms with Gasteiger partial charge in [0.05, 0.1) is 5.69 Å². The summed E-state index contributed by atoms with van der Waals surface area (Å²) in [7, 11) is 0. The van der Waals surface area contributed by atoms with Crippen molar-refractivity contribution in [1.29, 1.82) is 0 Å². The summed E-state index contributed by atoms with van der Waals surface area (Å²) in [6.07, 6.45) is 0. The standard InChI is InChI=1S/C21H14N2O3/c1-2-8-14(9-3-1)24-19(20-22-15-10-4-6-12-17(15)25-20)21-23-16-11-5-7-13-18(16)26-21/h1-13,22H. The third-order valence-corrected chi connectivity index (χ3v) is 4.00. The van der Waals surface area contributed by atoms with Crippen molar-refractivity contribution < 1.29 is 13.9 Å². The zero-order chi connectivity index (χ0) is 17.3. The van der Waals surface area contributed by atoms with Crippen molar-refractivity contribution in [3.8, 4) is 11.5 Å². The summed E-state index contributed by atoms with van der Waals surface area (Å²) in [5, 5.41) is 3.23. The molecule has 126 valence electrons. The molecule has 0 spiro atoms. The second kappa shape index (κ2) is 5.97. The molecule has 3 aromatic carbocycles. The maximum Gasteiger partial charge on any atom is 0.269 e. The second-order valence-electron chi connectivity index (χ2n) is 5.78. The molecule has 5 nitrogen and oxygen atoms in total. The summed E-state index contributed by atoms with van der Waals surface area (Å²) in [5.41, 5.74) is 2.31. The Morgan fingerprint density at radius 2 is 1.62 bits per heavy atom. The molecule has 0 saturated heterocycles. The average Bonchev–Trinajstić information content (AvgIpc) is 3.30. The number of rotatable bonds is 3. The van der Waals surface area contributed by atoms with Crippen molar-refractivity contribution in [2.45, 2.75) is 0 Å². The maximum atomic E-state index is 6.08. The Morgan fingerprint density at radius 1 is 0.846 bits per heavy atom. The van der Waals surface area contributed by atoms with Gasteiger partial charge in [0.1, 0.15) is 11.3 Å². The molecule has 0 atom stereocenters. The van der Waals surface area contributed by atoms with Crippen LogP contribution in [-0.4, -0.2) is 4.98 Å². The fraction of sp³-hybridized carbons (Fsp3) is 0. The zero-order valence-corrected chi connectivity index (χ0v) is 13.7. The fourth-order valence-corrected chi connectivity index (χ4v) is 2.78. The molecule has 0 amide bonds. The quantitative estimate of drug-likeness (QED) is 0.529. The number of para-hydroxylation sites is 5. The average molecular weight is 342 g/mol. The van der Waals surface area contributed by atoms with E-state index in [9.17, 15) is 0 Å². The lowest BCUT2D eigenvalue weighted by atomic mass is 10.3. The Labute approximate surface area is 149 Å². The Bertz CT molecular complexity index is 1060. The Morgan fingerprint density at radius 3 is 2.46 bits per heavy atom. The molecule has 0 radical (unpaired) electrons. The van der Waals surface area contributed by atoms with Crippen LogP contribution in [0, 0.1) is 0 Å². The molecule has 1 N–H and O–H groups in total. The van der Waals surface area contributed by atoms with Gasteiger partial charge in [-0.3, -0.25) is 0 Å². The smallest absolute Gasteiger partial charge is 0.269 e. The molecule has 2 heterocycles. The van der Waals surface area contributed by atoms with E-state index in [4.69, 9.17) is 13.9 Å². The number of hydrogen-bond donors (Lipinski definition) is 1. The van der Waals surface area contributed by atoms with Gasteiger partial charge in [0, 0.05) is 0 Å². The normalized spacial score (nSPS) is 14.5. The van der Waals surface area contributed by atoms with E-state index in [-0.39, 0.29) is 0 Å². The van der Waals surface area contributed by atoms with Gasteiger partial charge < -0.3 is 19.2 Å². The lowest BCUT2D eigenvalue weighted by molar-refractivity contribution is 0.406. The van der Waals surface area contributed by atoms with Gasteiger partial charge in [0.25, 0.3) is 5.89 Å². The second-order valence-corrected chi connectivity index (χ2v) is 5.78. The van der Waals surface area contributed by atoms with E-state index in [2.05, 4.69) is 10.3 Å². The molecule has 0 saturated carbocycles. The molecule has 1 aliphatic rings. The summed E-state index contributed by atoms with van der Waals surface area (Å²) in [6, 6.07) is 24.7. The first-order chi connectivity index (χ1) is 12.9. The summed E-state index contributed by atoms with van der Waals surface area (Å²) in [6.45, 7) is 0. The van der Waals surface area contributed by atoms with E-state index in [1.165, 1.54) is 0 Å². The molecule has 0 fully saturated rings. The summed E-state index contributed by atoms with van der Waals surface area (Å²) in [5.74, 6) is 2.59. The number of fused-ring (bicyclic) bond motifs is 2. The summed E-state index contributed by atoms with van der Waals surface area (Å²) >= 11 is 0. The Balaban J connectivity index is 1.63. The zero-order valence-electron chi connectivity index (χ0n) is 13.7. The first-order valence-corrected chi connectivity index (χ1v) is 8.24. The van der Waals surface area contributed by atoms with Crippen LogP contribution in [0.1, 0.15) is 5.89 Å². The first-order valence-electron chi connectivity index (χ1n) is 8.24. The van der Waals surface area contributed by atoms with E-state index in [1.807, 2.05) is 78.9 Å². The van der Waals surface area contributed by atoms with Crippen LogP contribution in [0.15, 0.2) is 89.2 Å². The summed E-state index contributed by atoms with van der Waals surface area (Å²) in [4.78, 5) is 4.55. The van der Waals surface area contributed by atoms with Crippen molar-refractivity contribution in [3.63, 3.8) is 0 Å². The van der Waals surface area contributed by atoms with Crippen LogP contribution >= 0.6 is 0 Å². The number of aromatic nitrogens is 1. The Hall–Kier alpha value is -3.73. The molecular formula is C21H14N2O3. The lowest BCUT2D eigenvalue weighted by Gasteiger charge is -2.09. The third-order valence-electron chi connectivity index (χ3n) is 4.00. The minimum atomic E-state index is 0.352. The number of ether oxygens (including phenoxy) is 2. The fourth-order valence-electron chi connectivity index (χ4n) is 2.78. The first kappa shape index (κ1) is 14.6. The van der Waals surface area contributed by atoms with E-state index < -0.39 is 0 Å². The highest BCUT2D eigenvalue weighted by Gasteiger charge is 2.26. The highest BCUT2D eigenvalue weighted by atomic mass is 16.5. The van der Waals surface area contributed by atoms with Gasteiger partial charge >= 0.3 is 0 Å². The number of hydrogen-bond acceptors (Lipinski definition) is 5. The van der Waals surface area contributed by atoms with Crippen LogP contribution in [0.3, 0.4) is 0 Å². The molecule has 0 bridgehead atoms. The maximum absolute atomic E-state index is 6.08. The monoisotopic (exact) mass is 342 g/mol. The van der Waals surface area contributed by atoms with Crippen molar-refractivity contribution in [2.24, 2.45) is 0 Å². The van der Waals surface area contributed by atoms with Crippen molar-refractivity contribution in [1.82, 2.24) is 4.98 Å². The molecule has 5 rings (SSSR count). The van der Waals surface area contributed by atoms with Gasteiger partial charge in [-0.2, -0.15) is 0 Å². The van der Waals surface area contributed by atoms with Crippen LogP contribution in [-0.2, 0) is 0 Å². The molecule has 0 aliphatic carbocycles. The number of nitrogens with one attached hydrogen (secondary N) is 1. The minimum Gasteiger partial charge on any atom is -0.446 e. The predicted molar refractivity (Wildman–Crippen MR) is 98.7 cm³/mol. The SMILES string of the molecule is c1ccc(OC(=C2Nc3ccccc3O2)c2nc3ccccc3o2)cc1. The molecule has 1 aliphatic heterocycles. The lowest BCUT2D eigenvalue weighted by Crippen LogP contribution is -2.07. The molecule has 1 aromatic heterocycles. The number of anilines is 1. The van der Waals surface area contributed by atoms with Gasteiger partial charge in [-0.1, -0.05) is 42.5 Å². The number of benzene rings is 3. The van der Waals surface area contributed by atoms with Crippen LogP contribution in [0.2, 0.25) is 0 Å². The molecule has 26 heavy (non-hydrogen) atoms. The van der Waals surface area contributed by atoms with Crippen LogP contribution < -0.4 is 14.8 Å². The van der Waals surface area contributed by atoms with E-state index >= 15 is 0 Å². The molecular weight excluding hydrogens is 328 g/mol. The third kappa shape index (κ3) is 2.56. The van der Waals surface area contributed by atoms with Crippen molar-refractivity contribution in [2.75, 3.05) is 5.32 Å². The van der Waals surface area contributed by atoms with Gasteiger partial charge in [-0.15, -0.1) is 0 Å². The number of nitrogens with zero attached hydrogens (tertiary/aromatic N) is 1. The molecule has 5 heteroatoms. The topological polar surface area (TPSA) is 56.5 Å². The van der Waals surface area contributed by atoms with Gasteiger partial charge in [-0.05, 0) is 36.4 Å². The van der Waals surface area contributed by atoms with Crippen LogP contribution in [0.25, 0.3) is 16.9 Å². The largest absolute Gasteiger partial charge is 0.446 e. The van der Waals surface area contributed by atoms with E-state index in [1.54, 1.807) is 0 Å². The number of oxazole rings is 1. The van der Waals surface area contributed by atoms with Crippen LogP contribution in [0.5, 0.6) is 11.5 Å². The van der Waals surface area contributed by atoms with Crippen LogP contribution in [0.4, 0.5) is 5.69 Å². The minimum absolute atomic E-state index is 0.352. The van der Waals surface area contributed by atoms with E-state index in [0.29, 0.717) is 28.9 Å². The Kier molecular flexibility index (Phi) is 3.35. The van der Waals surface area contributed by atoms with Gasteiger partial charge in [0.2, 0.25) is 11.6 Å². The highest BCUT2D eigenvalue weighted by molar-refractivity contribution is 5.77. The molecule has 0 unspecified atom stereocenters. The molecule has 4 aromatic rings. The van der Waals surface area contributed by atoms with Gasteiger partial charge in [0.15, 0.2) is 11.3 Å². The highest BCUT2D eigenvalue weighted by Crippen LogP contribution is 2.36. The summed E-state index contributed by atoms with van der Waals surface area (Å²) < 4.78 is 17.9.